The van der Waals surface area contributed by atoms with Crippen LogP contribution in [0.15, 0.2) is 10.5 Å². The number of thiazole rings is 1. The minimum atomic E-state index is -0.107. The second-order valence-corrected chi connectivity index (χ2v) is 5.90. The molecule has 108 valence electrons. The number of nitrogens with zero attached hydrogens (tertiary/aromatic N) is 4. The fraction of sp³-hybridized carbons (Fsp3) is 0.455. The van der Waals surface area contributed by atoms with Gasteiger partial charge in [0.15, 0.2) is 10.3 Å². The summed E-state index contributed by atoms with van der Waals surface area (Å²) >= 11 is 2.75. The molecule has 3 N–H and O–H groups in total. The molecule has 9 heteroatoms. The van der Waals surface area contributed by atoms with Crippen molar-refractivity contribution in [3.05, 3.63) is 16.9 Å². The van der Waals surface area contributed by atoms with Crippen LogP contribution in [0.3, 0.4) is 0 Å². The Bertz CT molecular complexity index is 594. The Morgan fingerprint density at radius 2 is 2.30 bits per heavy atom. The monoisotopic (exact) mass is 312 g/mol. The second kappa shape index (κ2) is 6.82. The van der Waals surface area contributed by atoms with Gasteiger partial charge >= 0.3 is 0 Å². The van der Waals surface area contributed by atoms with Gasteiger partial charge in [-0.1, -0.05) is 11.8 Å². The molecule has 2 aromatic rings. The molecule has 0 atom stereocenters. The minimum Gasteiger partial charge on any atom is -0.329 e. The molecule has 0 saturated carbocycles. The largest absolute Gasteiger partial charge is 0.329 e. The number of carbonyl (C=O) groups excluding carboxylic acids is 1. The first-order chi connectivity index (χ1) is 9.60. The molecule has 20 heavy (non-hydrogen) atoms. The number of hydrogen-bond acceptors (Lipinski definition) is 7. The average molecular weight is 312 g/mol. The number of thioether (sulfide) groups is 1. The summed E-state index contributed by atoms with van der Waals surface area (Å²) in [5, 5.41) is 14.0. The van der Waals surface area contributed by atoms with Gasteiger partial charge in [-0.15, -0.1) is 21.5 Å². The maximum Gasteiger partial charge on any atom is 0.236 e. The van der Waals surface area contributed by atoms with Crippen LogP contribution in [0, 0.1) is 13.8 Å². The normalized spacial score (nSPS) is 10.8. The van der Waals surface area contributed by atoms with Gasteiger partial charge < -0.3 is 15.6 Å². The molecule has 0 spiro atoms. The van der Waals surface area contributed by atoms with E-state index in [1.807, 2.05) is 23.8 Å². The van der Waals surface area contributed by atoms with Gasteiger partial charge in [-0.2, -0.15) is 0 Å². The molecule has 0 bridgehead atoms. The van der Waals surface area contributed by atoms with Gasteiger partial charge in [0.05, 0.1) is 11.4 Å². The number of nitrogens with two attached hydrogens (primary N) is 1. The first kappa shape index (κ1) is 14.9. The van der Waals surface area contributed by atoms with Crippen molar-refractivity contribution in [2.45, 2.75) is 25.5 Å². The van der Waals surface area contributed by atoms with E-state index in [2.05, 4.69) is 20.5 Å². The Hall–Kier alpha value is -1.45. The van der Waals surface area contributed by atoms with Crippen LogP contribution in [0.25, 0.3) is 0 Å². The number of aryl methyl sites for hydroxylation is 2. The molecule has 0 aliphatic carbocycles. The number of hydrogen-bond donors (Lipinski definition) is 2. The fourth-order valence-corrected chi connectivity index (χ4v) is 3.07. The van der Waals surface area contributed by atoms with Crippen LogP contribution >= 0.6 is 23.1 Å². The summed E-state index contributed by atoms with van der Waals surface area (Å²) in [7, 11) is 0. The lowest BCUT2D eigenvalue weighted by atomic mass is 10.6. The first-order valence-corrected chi connectivity index (χ1v) is 7.91. The third-order valence-electron chi connectivity index (χ3n) is 2.45. The molecule has 2 rings (SSSR count). The van der Waals surface area contributed by atoms with Gasteiger partial charge in [-0.3, -0.25) is 4.79 Å². The number of amides is 1. The zero-order valence-corrected chi connectivity index (χ0v) is 12.9. The third-order valence-corrected chi connectivity index (χ3v) is 4.29. The first-order valence-electron chi connectivity index (χ1n) is 6.05. The van der Waals surface area contributed by atoms with Crippen LogP contribution in [0.1, 0.15) is 11.5 Å². The van der Waals surface area contributed by atoms with E-state index in [-0.39, 0.29) is 11.7 Å². The molecule has 0 radical (unpaired) electrons. The molecule has 0 aliphatic heterocycles. The van der Waals surface area contributed by atoms with Crippen molar-refractivity contribution in [3.63, 3.8) is 0 Å². The number of rotatable bonds is 6. The Balaban J connectivity index is 1.90. The van der Waals surface area contributed by atoms with Gasteiger partial charge in [0.1, 0.15) is 5.82 Å². The van der Waals surface area contributed by atoms with E-state index in [1.165, 1.54) is 23.1 Å². The smallest absolute Gasteiger partial charge is 0.236 e. The van der Waals surface area contributed by atoms with E-state index < -0.39 is 0 Å². The highest BCUT2D eigenvalue weighted by atomic mass is 32.2. The summed E-state index contributed by atoms with van der Waals surface area (Å²) in [6, 6.07) is 0. The molecular formula is C11H16N6OS2. The Morgan fingerprint density at radius 1 is 1.50 bits per heavy atom. The number of carbonyl (C=O) groups is 1. The van der Waals surface area contributed by atoms with Gasteiger partial charge in [-0.25, -0.2) is 4.98 Å². The number of aromatic nitrogens is 4. The summed E-state index contributed by atoms with van der Waals surface area (Å²) in [5.41, 5.74) is 6.45. The Kier molecular flexibility index (Phi) is 5.10. The van der Waals surface area contributed by atoms with E-state index in [9.17, 15) is 4.79 Å². The van der Waals surface area contributed by atoms with Crippen molar-refractivity contribution >= 4 is 34.1 Å². The lowest BCUT2D eigenvalue weighted by Gasteiger charge is -2.06. The minimum absolute atomic E-state index is 0.107. The lowest BCUT2D eigenvalue weighted by Crippen LogP contribution is -2.16. The van der Waals surface area contributed by atoms with E-state index in [4.69, 9.17) is 5.73 Å². The van der Waals surface area contributed by atoms with Crippen LogP contribution in [0.5, 0.6) is 0 Å². The van der Waals surface area contributed by atoms with Crippen LogP contribution in [0.4, 0.5) is 5.13 Å². The molecule has 1 amide bonds. The Morgan fingerprint density at radius 3 is 2.95 bits per heavy atom. The summed E-state index contributed by atoms with van der Waals surface area (Å²) in [5.74, 6) is 0.958. The zero-order valence-electron chi connectivity index (χ0n) is 11.3. The molecule has 0 aromatic carbocycles. The maximum atomic E-state index is 11.8. The molecule has 0 unspecified atom stereocenters. The van der Waals surface area contributed by atoms with E-state index in [0.717, 1.165) is 11.5 Å². The molecule has 7 nitrogen and oxygen atoms in total. The molecule has 2 heterocycles. The highest BCUT2D eigenvalue weighted by molar-refractivity contribution is 7.99. The maximum absolute atomic E-state index is 11.8. The van der Waals surface area contributed by atoms with Crippen LogP contribution < -0.4 is 11.1 Å². The SMILES string of the molecule is Cc1csc(NC(=O)CSc2nnc(C)n2CCN)n1. The van der Waals surface area contributed by atoms with Crippen molar-refractivity contribution in [1.29, 1.82) is 0 Å². The van der Waals surface area contributed by atoms with E-state index in [1.54, 1.807) is 0 Å². The van der Waals surface area contributed by atoms with Crippen LogP contribution in [-0.2, 0) is 11.3 Å². The van der Waals surface area contributed by atoms with Crippen molar-refractivity contribution in [2.75, 3.05) is 17.6 Å². The second-order valence-electron chi connectivity index (χ2n) is 4.10. The van der Waals surface area contributed by atoms with E-state index in [0.29, 0.717) is 23.4 Å². The zero-order chi connectivity index (χ0) is 14.5. The Labute approximate surface area is 125 Å². The molecule has 2 aromatic heterocycles. The molecule has 0 saturated heterocycles. The number of anilines is 1. The van der Waals surface area contributed by atoms with Crippen LogP contribution in [-0.4, -0.2) is 38.0 Å². The summed E-state index contributed by atoms with van der Waals surface area (Å²) < 4.78 is 1.91. The predicted octanol–water partition coefficient (Wildman–Crippen LogP) is 1.04. The summed E-state index contributed by atoms with van der Waals surface area (Å²) in [6.45, 7) is 4.91. The molecule has 0 fully saturated rings. The van der Waals surface area contributed by atoms with Crippen molar-refractivity contribution in [2.24, 2.45) is 5.73 Å². The standard InChI is InChI=1S/C11H16N6OS2/c1-7-5-19-10(13-7)14-9(18)6-20-11-16-15-8(2)17(11)4-3-12/h5H,3-4,6,12H2,1-2H3,(H,13,14,18). The molecular weight excluding hydrogens is 296 g/mol. The predicted molar refractivity (Wildman–Crippen MR) is 80.0 cm³/mol. The third kappa shape index (κ3) is 3.78. The quantitative estimate of drug-likeness (QED) is 0.773. The topological polar surface area (TPSA) is 98.7 Å². The highest BCUT2D eigenvalue weighted by Crippen LogP contribution is 2.18. The molecule has 0 aliphatic rings. The van der Waals surface area contributed by atoms with Crippen molar-refractivity contribution in [1.82, 2.24) is 19.7 Å². The lowest BCUT2D eigenvalue weighted by molar-refractivity contribution is -0.113. The van der Waals surface area contributed by atoms with E-state index >= 15 is 0 Å². The number of nitrogens with one attached hydrogen (secondary N) is 1. The van der Waals surface area contributed by atoms with Crippen molar-refractivity contribution in [3.8, 4) is 0 Å². The fourth-order valence-electron chi connectivity index (χ4n) is 1.55. The van der Waals surface area contributed by atoms with Gasteiger partial charge in [-0.05, 0) is 13.8 Å². The van der Waals surface area contributed by atoms with Gasteiger partial charge in [0.2, 0.25) is 5.91 Å². The highest BCUT2D eigenvalue weighted by Gasteiger charge is 2.12. The van der Waals surface area contributed by atoms with Crippen LogP contribution in [0.2, 0.25) is 0 Å². The summed E-state index contributed by atoms with van der Waals surface area (Å²) in [4.78, 5) is 16.0. The van der Waals surface area contributed by atoms with Crippen molar-refractivity contribution < 1.29 is 4.79 Å². The van der Waals surface area contributed by atoms with Gasteiger partial charge in [0.25, 0.3) is 0 Å². The average Bonchev–Trinajstić information content (AvgIpc) is 2.96. The van der Waals surface area contributed by atoms with Gasteiger partial charge in [0, 0.05) is 18.5 Å². The summed E-state index contributed by atoms with van der Waals surface area (Å²) in [6.07, 6.45) is 0.